The molecule has 0 fully saturated rings. The Balaban J connectivity index is 1.11. The number of rotatable bonds is 6. The molecule has 1 heterocycles. The van der Waals surface area contributed by atoms with Gasteiger partial charge in [-0.2, -0.15) is 4.99 Å². The number of aliphatic imine (C=N–C) groups is 3. The van der Waals surface area contributed by atoms with Gasteiger partial charge in [-0.3, -0.25) is 9.56 Å². The van der Waals surface area contributed by atoms with Crippen molar-refractivity contribution in [2.75, 3.05) is 0 Å². The van der Waals surface area contributed by atoms with E-state index in [-0.39, 0.29) is 5.41 Å². The van der Waals surface area contributed by atoms with Gasteiger partial charge in [-0.05, 0) is 142 Å². The molecule has 4 heteroatoms. The van der Waals surface area contributed by atoms with Crippen LogP contribution in [0.15, 0.2) is 178 Å². The van der Waals surface area contributed by atoms with Gasteiger partial charge < -0.3 is 0 Å². The molecule has 1 aromatic heterocycles. The van der Waals surface area contributed by atoms with Gasteiger partial charge in [0.1, 0.15) is 0 Å². The molecule has 4 nitrogen and oxygen atoms in total. The smallest absolute Gasteiger partial charge is 0.236 e. The molecule has 3 aliphatic carbocycles. The Labute approximate surface area is 372 Å². The minimum Gasteiger partial charge on any atom is -0.278 e. The molecule has 0 radical (unpaired) electrons. The summed E-state index contributed by atoms with van der Waals surface area (Å²) in [5, 5.41) is 3.61. The van der Waals surface area contributed by atoms with E-state index in [2.05, 4.69) is 179 Å². The zero-order chi connectivity index (χ0) is 43.1. The highest BCUT2D eigenvalue weighted by molar-refractivity contribution is 6.13. The third-order valence-corrected chi connectivity index (χ3v) is 13.6. The molecule has 10 rings (SSSR count). The average molecular weight is 819 g/mol. The van der Waals surface area contributed by atoms with E-state index in [9.17, 15) is 0 Å². The van der Waals surface area contributed by atoms with Crippen molar-refractivity contribution in [3.63, 3.8) is 0 Å². The Morgan fingerprint density at radius 3 is 2.37 bits per heavy atom. The van der Waals surface area contributed by atoms with Gasteiger partial charge in [0.05, 0.1) is 17.8 Å². The van der Waals surface area contributed by atoms with E-state index in [1.807, 2.05) is 18.2 Å². The third kappa shape index (κ3) is 7.58. The number of fused-ring (bicyclic) bond motifs is 6. The molecule has 63 heavy (non-hydrogen) atoms. The van der Waals surface area contributed by atoms with Crippen LogP contribution in [-0.2, 0) is 31.2 Å². The zero-order valence-electron chi connectivity index (χ0n) is 37.0. The molecule has 0 unspecified atom stereocenters. The monoisotopic (exact) mass is 818 g/mol. The molecular weight excluding hydrogens is 765 g/mol. The number of hydrogen-bond donors (Lipinski definition) is 0. The van der Waals surface area contributed by atoms with E-state index < -0.39 is 0 Å². The summed E-state index contributed by atoms with van der Waals surface area (Å²) in [5.74, 6) is 1.14. The van der Waals surface area contributed by atoms with Crippen molar-refractivity contribution in [1.29, 1.82) is 0 Å². The number of amidine groups is 1. The second-order valence-corrected chi connectivity index (χ2v) is 18.0. The Bertz CT molecular complexity index is 3140. The molecule has 310 valence electrons. The molecule has 0 spiro atoms. The van der Waals surface area contributed by atoms with Crippen molar-refractivity contribution in [2.45, 2.75) is 78.2 Å². The van der Waals surface area contributed by atoms with E-state index in [0.29, 0.717) is 18.3 Å². The maximum absolute atomic E-state index is 5.39. The topological polar surface area (TPSA) is 42.0 Å². The molecule has 7 aromatic rings. The fourth-order valence-electron chi connectivity index (χ4n) is 10.2. The van der Waals surface area contributed by atoms with Crippen molar-refractivity contribution in [3.05, 3.63) is 214 Å². The van der Waals surface area contributed by atoms with Crippen LogP contribution in [0.1, 0.15) is 97.2 Å². The van der Waals surface area contributed by atoms with Crippen LogP contribution in [0, 0.1) is 0 Å². The minimum absolute atomic E-state index is 0.0561. The summed E-state index contributed by atoms with van der Waals surface area (Å²) in [4.78, 5) is 15.4. The second-order valence-electron chi connectivity index (χ2n) is 18.0. The lowest BCUT2D eigenvalue weighted by Crippen LogP contribution is -2.18. The molecular formula is C59H54N4. The molecule has 0 saturated carbocycles. The molecule has 0 N–H and O–H groups in total. The van der Waals surface area contributed by atoms with E-state index in [4.69, 9.17) is 15.0 Å². The predicted molar refractivity (Wildman–Crippen MR) is 268 cm³/mol. The molecule has 0 aliphatic heterocycles. The Morgan fingerprint density at radius 2 is 1.54 bits per heavy atom. The maximum atomic E-state index is 5.39. The number of aromatic nitrogens is 1. The van der Waals surface area contributed by atoms with Crippen molar-refractivity contribution in [2.24, 2.45) is 15.0 Å². The van der Waals surface area contributed by atoms with Gasteiger partial charge in [-0.25, -0.2) is 4.99 Å². The summed E-state index contributed by atoms with van der Waals surface area (Å²) in [5.41, 5.74) is 19.0. The predicted octanol–water partition coefficient (Wildman–Crippen LogP) is 14.5. The van der Waals surface area contributed by atoms with Crippen LogP contribution in [-0.4, -0.2) is 23.1 Å². The van der Waals surface area contributed by atoms with Crippen molar-refractivity contribution < 1.29 is 0 Å². The fraction of sp³-hybridized carbons (Fsp3) is 0.203. The summed E-state index contributed by atoms with van der Waals surface area (Å²) in [7, 11) is 0. The van der Waals surface area contributed by atoms with Crippen LogP contribution >= 0.6 is 0 Å². The molecule has 0 saturated heterocycles. The Morgan fingerprint density at radius 1 is 0.762 bits per heavy atom. The highest BCUT2D eigenvalue weighted by Gasteiger charge is 2.28. The zero-order valence-corrected chi connectivity index (χ0v) is 37.0. The number of hydrogen-bond acceptors (Lipinski definition) is 1. The Kier molecular flexibility index (Phi) is 10.7. The quantitative estimate of drug-likeness (QED) is 0.118. The van der Waals surface area contributed by atoms with E-state index in [1.54, 1.807) is 0 Å². The summed E-state index contributed by atoms with van der Waals surface area (Å²) < 4.78 is 2.26. The SMILES string of the molecule is C=NC(=NC(=NCc1ccc2c(c1)CC(CC)=C2C)c1ccccc1)n1c2c(c3cc4ccccc4cc31)CCC=C2c1cccc(-c2ccc3c(c2)C/C=C\C=C/CC3(C)C)c1. The lowest BCUT2D eigenvalue weighted by atomic mass is 9.78. The number of allylic oxidation sites excluding steroid dienone is 7. The maximum Gasteiger partial charge on any atom is 0.236 e. The summed E-state index contributed by atoms with van der Waals surface area (Å²) in [6, 6.07) is 46.6. The van der Waals surface area contributed by atoms with Crippen LogP contribution in [0.2, 0.25) is 0 Å². The van der Waals surface area contributed by atoms with Gasteiger partial charge >= 0.3 is 0 Å². The fourth-order valence-corrected chi connectivity index (χ4v) is 10.2. The van der Waals surface area contributed by atoms with E-state index in [0.717, 1.165) is 55.3 Å². The van der Waals surface area contributed by atoms with E-state index >= 15 is 0 Å². The van der Waals surface area contributed by atoms with Crippen molar-refractivity contribution >= 4 is 51.3 Å². The first-order chi connectivity index (χ1) is 30.8. The number of aryl methyl sites for hydroxylation is 1. The van der Waals surface area contributed by atoms with Gasteiger partial charge in [0.15, 0.2) is 5.84 Å². The lowest BCUT2D eigenvalue weighted by molar-refractivity contribution is 0.530. The normalized spacial score (nSPS) is 17.0. The molecule has 0 bridgehead atoms. The third-order valence-electron chi connectivity index (χ3n) is 13.6. The number of benzene rings is 6. The highest BCUT2D eigenvalue weighted by Crippen LogP contribution is 2.42. The largest absolute Gasteiger partial charge is 0.278 e. The van der Waals surface area contributed by atoms with Crippen LogP contribution in [0.5, 0.6) is 0 Å². The second kappa shape index (κ2) is 16.8. The van der Waals surface area contributed by atoms with Crippen molar-refractivity contribution in [3.8, 4) is 11.1 Å². The van der Waals surface area contributed by atoms with Crippen LogP contribution in [0.25, 0.3) is 43.9 Å². The summed E-state index contributed by atoms with van der Waals surface area (Å²) in [6.45, 7) is 13.9. The first-order valence-corrected chi connectivity index (χ1v) is 22.6. The van der Waals surface area contributed by atoms with Gasteiger partial charge in [-0.15, -0.1) is 0 Å². The van der Waals surface area contributed by atoms with Crippen molar-refractivity contribution in [1.82, 2.24) is 4.57 Å². The number of nitrogens with zero attached hydrogens (tertiary/aromatic N) is 4. The lowest BCUT2D eigenvalue weighted by Gasteiger charge is -2.27. The van der Waals surface area contributed by atoms with Gasteiger partial charge in [-0.1, -0.05) is 166 Å². The van der Waals surface area contributed by atoms with Gasteiger partial charge in [0.25, 0.3) is 0 Å². The summed E-state index contributed by atoms with van der Waals surface area (Å²) in [6.07, 6.45) is 17.2. The minimum atomic E-state index is 0.0561. The van der Waals surface area contributed by atoms with Crippen LogP contribution in [0.4, 0.5) is 0 Å². The molecule has 0 atom stereocenters. The van der Waals surface area contributed by atoms with Gasteiger partial charge in [0, 0.05) is 16.5 Å². The summed E-state index contributed by atoms with van der Waals surface area (Å²) >= 11 is 0. The first-order valence-electron chi connectivity index (χ1n) is 22.6. The molecule has 6 aromatic carbocycles. The Hall–Kier alpha value is -6.91. The molecule has 0 amide bonds. The van der Waals surface area contributed by atoms with Crippen LogP contribution < -0.4 is 0 Å². The standard InChI is InChI=1S/C59H54N4/c1-6-41-33-49-32-40(27-29-50(49)39(41)2)38-61-57(42-18-11-9-12-19-42)62-58(60-5)63-55-37-45-21-14-13-20-44(45)36-53(55)52-26-17-25-51(56(52)63)47-24-16-23-43(34-47)46-28-30-54-48(35-46)22-10-7-8-15-31-59(54,3)4/h7-16,18-21,23-25,27-30,32,34-37H,5-6,17,22,26,31,33,38H2,1-4H3/b10-7-,15-8-,61-57?,62-58?. The highest BCUT2D eigenvalue weighted by atomic mass is 15.2. The first kappa shape index (κ1) is 40.2. The van der Waals surface area contributed by atoms with Crippen LogP contribution in [0.3, 0.4) is 0 Å². The molecule has 3 aliphatic rings. The van der Waals surface area contributed by atoms with E-state index in [1.165, 1.54) is 82.9 Å². The average Bonchev–Trinajstić information content (AvgIpc) is 3.84. The van der Waals surface area contributed by atoms with Gasteiger partial charge in [0.2, 0.25) is 5.96 Å².